The first kappa shape index (κ1) is 7.93. The number of nitriles is 1. The Labute approximate surface area is 77.4 Å². The van der Waals surface area contributed by atoms with Crippen LogP contribution >= 0.6 is 0 Å². The number of anilines is 2. The third-order valence-corrected chi connectivity index (χ3v) is 2.36. The van der Waals surface area contributed by atoms with Gasteiger partial charge in [-0.05, 0) is 30.2 Å². The van der Waals surface area contributed by atoms with Crippen molar-refractivity contribution >= 4 is 11.4 Å². The molecule has 13 heavy (non-hydrogen) atoms. The molecule has 1 heterocycles. The molecular formula is C10H11N3. The van der Waals surface area contributed by atoms with Crippen molar-refractivity contribution in [2.45, 2.75) is 6.42 Å². The topological polar surface area (TPSA) is 53.0 Å². The van der Waals surface area contributed by atoms with E-state index in [1.807, 2.05) is 18.2 Å². The van der Waals surface area contributed by atoms with Crippen LogP contribution in [0.2, 0.25) is 0 Å². The van der Waals surface area contributed by atoms with Gasteiger partial charge in [0.1, 0.15) is 6.54 Å². The highest BCUT2D eigenvalue weighted by Gasteiger charge is 2.17. The van der Waals surface area contributed by atoms with Crippen molar-refractivity contribution in [3.8, 4) is 6.07 Å². The molecule has 0 saturated carbocycles. The average Bonchev–Trinajstić information content (AvgIpc) is 2.49. The van der Waals surface area contributed by atoms with Gasteiger partial charge in [-0.3, -0.25) is 0 Å². The molecule has 66 valence electrons. The van der Waals surface area contributed by atoms with E-state index in [4.69, 9.17) is 11.0 Å². The summed E-state index contributed by atoms with van der Waals surface area (Å²) < 4.78 is 0. The number of rotatable bonds is 1. The monoisotopic (exact) mass is 173 g/mol. The molecule has 0 aromatic heterocycles. The largest absolute Gasteiger partial charge is 0.399 e. The summed E-state index contributed by atoms with van der Waals surface area (Å²) >= 11 is 0. The SMILES string of the molecule is N#CCN1CCc2cc(N)ccc21. The predicted molar refractivity (Wildman–Crippen MR) is 52.4 cm³/mol. The van der Waals surface area contributed by atoms with Gasteiger partial charge in [0.05, 0.1) is 6.07 Å². The molecule has 3 heteroatoms. The lowest BCUT2D eigenvalue weighted by Crippen LogP contribution is -2.20. The van der Waals surface area contributed by atoms with E-state index in [9.17, 15) is 0 Å². The fourth-order valence-corrected chi connectivity index (χ4v) is 1.74. The molecule has 0 spiro atoms. The highest BCUT2D eigenvalue weighted by molar-refractivity contribution is 5.63. The van der Waals surface area contributed by atoms with Gasteiger partial charge in [-0.25, -0.2) is 0 Å². The van der Waals surface area contributed by atoms with Gasteiger partial charge >= 0.3 is 0 Å². The third-order valence-electron chi connectivity index (χ3n) is 2.36. The zero-order valence-corrected chi connectivity index (χ0v) is 7.33. The lowest BCUT2D eigenvalue weighted by Gasteiger charge is -2.14. The van der Waals surface area contributed by atoms with E-state index < -0.39 is 0 Å². The summed E-state index contributed by atoms with van der Waals surface area (Å²) in [5.74, 6) is 0. The number of fused-ring (bicyclic) bond motifs is 1. The molecule has 1 aromatic carbocycles. The Kier molecular flexibility index (Phi) is 1.82. The van der Waals surface area contributed by atoms with Gasteiger partial charge in [0, 0.05) is 17.9 Å². The maximum Gasteiger partial charge on any atom is 0.105 e. The number of benzene rings is 1. The summed E-state index contributed by atoms with van der Waals surface area (Å²) in [7, 11) is 0. The van der Waals surface area contributed by atoms with Crippen LogP contribution in [-0.2, 0) is 6.42 Å². The highest BCUT2D eigenvalue weighted by atomic mass is 15.1. The van der Waals surface area contributed by atoms with Crippen molar-refractivity contribution in [2.75, 3.05) is 23.7 Å². The minimum atomic E-state index is 0.469. The molecular weight excluding hydrogens is 162 g/mol. The number of nitrogens with zero attached hydrogens (tertiary/aromatic N) is 2. The van der Waals surface area contributed by atoms with Gasteiger partial charge in [0.15, 0.2) is 0 Å². The summed E-state index contributed by atoms with van der Waals surface area (Å²) in [4.78, 5) is 2.08. The summed E-state index contributed by atoms with van der Waals surface area (Å²) in [6.45, 7) is 1.41. The van der Waals surface area contributed by atoms with Crippen LogP contribution in [0.4, 0.5) is 11.4 Å². The third kappa shape index (κ3) is 1.31. The van der Waals surface area contributed by atoms with Crippen molar-refractivity contribution in [2.24, 2.45) is 0 Å². The Bertz CT molecular complexity index is 365. The first-order valence-electron chi connectivity index (χ1n) is 4.31. The Morgan fingerprint density at radius 2 is 2.38 bits per heavy atom. The van der Waals surface area contributed by atoms with Crippen LogP contribution in [0.1, 0.15) is 5.56 Å². The van der Waals surface area contributed by atoms with Gasteiger partial charge in [0.2, 0.25) is 0 Å². The second-order valence-corrected chi connectivity index (χ2v) is 3.22. The Morgan fingerprint density at radius 3 is 3.15 bits per heavy atom. The van der Waals surface area contributed by atoms with E-state index in [0.717, 1.165) is 24.3 Å². The minimum Gasteiger partial charge on any atom is -0.399 e. The quantitative estimate of drug-likeness (QED) is 0.512. The fraction of sp³-hybridized carbons (Fsp3) is 0.300. The summed E-state index contributed by atoms with van der Waals surface area (Å²) in [6.07, 6.45) is 1.00. The first-order chi connectivity index (χ1) is 6.31. The molecule has 0 aliphatic carbocycles. The van der Waals surface area contributed by atoms with Gasteiger partial charge in [-0.1, -0.05) is 0 Å². The number of hydrogen-bond acceptors (Lipinski definition) is 3. The fourth-order valence-electron chi connectivity index (χ4n) is 1.74. The molecule has 0 unspecified atom stereocenters. The lowest BCUT2D eigenvalue weighted by atomic mass is 10.1. The maximum atomic E-state index is 8.59. The first-order valence-corrected chi connectivity index (χ1v) is 4.31. The molecule has 1 aliphatic rings. The van der Waals surface area contributed by atoms with E-state index in [0.29, 0.717) is 6.54 Å². The summed E-state index contributed by atoms with van der Waals surface area (Å²) in [5, 5.41) is 8.59. The van der Waals surface area contributed by atoms with E-state index in [1.54, 1.807) is 0 Å². The van der Waals surface area contributed by atoms with Gasteiger partial charge in [-0.15, -0.1) is 0 Å². The molecule has 0 fully saturated rings. The van der Waals surface area contributed by atoms with Crippen molar-refractivity contribution < 1.29 is 0 Å². The van der Waals surface area contributed by atoms with Gasteiger partial charge < -0.3 is 10.6 Å². The molecule has 3 nitrogen and oxygen atoms in total. The predicted octanol–water partition coefficient (Wildman–Crippen LogP) is 1.15. The van der Waals surface area contributed by atoms with Crippen molar-refractivity contribution in [1.82, 2.24) is 0 Å². The lowest BCUT2D eigenvalue weighted by molar-refractivity contribution is 0.909. The molecule has 1 aliphatic heterocycles. The second kappa shape index (κ2) is 2.98. The van der Waals surface area contributed by atoms with Crippen LogP contribution < -0.4 is 10.6 Å². The molecule has 0 radical (unpaired) electrons. The van der Waals surface area contributed by atoms with Gasteiger partial charge in [0.25, 0.3) is 0 Å². The van der Waals surface area contributed by atoms with E-state index in [1.165, 1.54) is 5.56 Å². The van der Waals surface area contributed by atoms with Crippen LogP contribution in [-0.4, -0.2) is 13.1 Å². The Morgan fingerprint density at radius 1 is 1.54 bits per heavy atom. The normalized spacial score (nSPS) is 13.9. The molecule has 1 aromatic rings. The number of hydrogen-bond donors (Lipinski definition) is 1. The van der Waals surface area contributed by atoms with Crippen molar-refractivity contribution in [3.05, 3.63) is 23.8 Å². The van der Waals surface area contributed by atoms with Crippen molar-refractivity contribution in [3.63, 3.8) is 0 Å². The average molecular weight is 173 g/mol. The molecule has 2 N–H and O–H groups in total. The Hall–Kier alpha value is -1.69. The molecule has 0 atom stereocenters. The van der Waals surface area contributed by atoms with E-state index >= 15 is 0 Å². The molecule has 0 saturated heterocycles. The minimum absolute atomic E-state index is 0.469. The maximum absolute atomic E-state index is 8.59. The van der Waals surface area contributed by atoms with E-state index in [-0.39, 0.29) is 0 Å². The van der Waals surface area contributed by atoms with Crippen LogP contribution in [0.3, 0.4) is 0 Å². The van der Waals surface area contributed by atoms with Crippen LogP contribution in [0.25, 0.3) is 0 Å². The van der Waals surface area contributed by atoms with Gasteiger partial charge in [-0.2, -0.15) is 5.26 Å². The van der Waals surface area contributed by atoms with Crippen LogP contribution in [0, 0.1) is 11.3 Å². The molecule has 0 amide bonds. The van der Waals surface area contributed by atoms with Crippen molar-refractivity contribution in [1.29, 1.82) is 5.26 Å². The van der Waals surface area contributed by atoms with Crippen LogP contribution in [0.15, 0.2) is 18.2 Å². The summed E-state index contributed by atoms with van der Waals surface area (Å²) in [5.41, 5.74) is 8.89. The highest BCUT2D eigenvalue weighted by Crippen LogP contribution is 2.28. The standard InChI is InChI=1S/C10H11N3/c11-4-6-13-5-3-8-7-9(12)1-2-10(8)13/h1-2,7H,3,5-6,12H2. The smallest absolute Gasteiger partial charge is 0.105 e. The molecule has 0 bridgehead atoms. The second-order valence-electron chi connectivity index (χ2n) is 3.22. The zero-order valence-electron chi connectivity index (χ0n) is 7.33. The van der Waals surface area contributed by atoms with E-state index in [2.05, 4.69) is 11.0 Å². The summed E-state index contributed by atoms with van der Waals surface area (Å²) in [6, 6.07) is 8.03. The molecule has 2 rings (SSSR count). The number of nitrogen functional groups attached to an aromatic ring is 1. The Balaban J connectivity index is 2.34. The number of nitrogens with two attached hydrogens (primary N) is 1. The van der Waals surface area contributed by atoms with Crippen LogP contribution in [0.5, 0.6) is 0 Å². The zero-order chi connectivity index (χ0) is 9.26.